The molecule has 0 spiro atoms. The molecule has 1 aliphatic carbocycles. The molecule has 1 atom stereocenters. The molecule has 0 aromatic rings. The van der Waals surface area contributed by atoms with Gasteiger partial charge < -0.3 is 10.5 Å². The monoisotopic (exact) mass is 169 g/mol. The van der Waals surface area contributed by atoms with Crippen molar-refractivity contribution in [3.8, 4) is 0 Å². The van der Waals surface area contributed by atoms with Crippen LogP contribution in [0, 0.1) is 11.8 Å². The van der Waals surface area contributed by atoms with E-state index in [1.807, 2.05) is 0 Å². The van der Waals surface area contributed by atoms with E-state index in [1.54, 1.807) is 0 Å². The topological polar surface area (TPSA) is 60.2 Å². The third-order valence-electron chi connectivity index (χ3n) is 2.52. The summed E-state index contributed by atoms with van der Waals surface area (Å²) in [6, 6.07) is 0. The highest BCUT2D eigenvalue weighted by atomic mass is 16.1. The highest BCUT2D eigenvalue weighted by Gasteiger charge is 2.22. The molecule has 1 aliphatic rings. The Balaban J connectivity index is 2.23. The summed E-state index contributed by atoms with van der Waals surface area (Å²) in [5, 5.41) is 0. The van der Waals surface area contributed by atoms with Gasteiger partial charge in [-0.25, -0.2) is 0 Å². The maximum absolute atomic E-state index is 10.5. The van der Waals surface area contributed by atoms with Crippen LogP contribution in [0.4, 0.5) is 0 Å². The maximum atomic E-state index is 10.5. The van der Waals surface area contributed by atoms with Crippen molar-refractivity contribution in [2.45, 2.75) is 32.1 Å². The summed E-state index contributed by atoms with van der Waals surface area (Å²) in [6.45, 7) is 0. The molecular weight excluding hydrogens is 154 g/mol. The number of hydrogen-bond acceptors (Lipinski definition) is 2. The molecule has 0 radical (unpaired) electrons. The summed E-state index contributed by atoms with van der Waals surface area (Å²) >= 11 is 0. The zero-order chi connectivity index (χ0) is 8.97. The van der Waals surface area contributed by atoms with Gasteiger partial charge in [0.25, 0.3) is 0 Å². The van der Waals surface area contributed by atoms with Crippen LogP contribution in [0.1, 0.15) is 32.1 Å². The minimum absolute atomic E-state index is 0.132. The second-order valence-electron chi connectivity index (χ2n) is 3.60. The number of hydrogen-bond donors (Lipinski definition) is 1. The fourth-order valence-corrected chi connectivity index (χ4v) is 1.60. The van der Waals surface area contributed by atoms with Crippen molar-refractivity contribution >= 4 is 12.2 Å². The molecule has 68 valence electrons. The third kappa shape index (κ3) is 2.64. The van der Waals surface area contributed by atoms with Crippen LogP contribution in [0.15, 0.2) is 0 Å². The van der Waals surface area contributed by atoms with E-state index in [0.29, 0.717) is 5.92 Å². The van der Waals surface area contributed by atoms with Gasteiger partial charge in [-0.15, -0.1) is 0 Å². The fraction of sp³-hybridized carbons (Fsp3) is 0.778. The van der Waals surface area contributed by atoms with Crippen LogP contribution in [0.3, 0.4) is 0 Å². The summed E-state index contributed by atoms with van der Waals surface area (Å²) < 4.78 is 0. The van der Waals surface area contributed by atoms with E-state index in [1.165, 1.54) is 19.3 Å². The Morgan fingerprint density at radius 1 is 1.58 bits per heavy atom. The van der Waals surface area contributed by atoms with Crippen molar-refractivity contribution in [2.24, 2.45) is 17.6 Å². The zero-order valence-electron chi connectivity index (χ0n) is 7.16. The molecule has 1 saturated carbocycles. The van der Waals surface area contributed by atoms with E-state index in [9.17, 15) is 9.59 Å². The first kappa shape index (κ1) is 9.23. The standard InChI is InChI=1S/C9H15NO2/c10-9(12)5-8(6-11)4-7-2-1-3-7/h6-8H,1-5H2,(H2,10,12). The smallest absolute Gasteiger partial charge is 0.218 e. The van der Waals surface area contributed by atoms with Crippen LogP contribution in [0.2, 0.25) is 0 Å². The first-order valence-corrected chi connectivity index (χ1v) is 4.46. The number of carbonyl (C=O) groups is 2. The Kier molecular flexibility index (Phi) is 3.26. The predicted molar refractivity (Wildman–Crippen MR) is 45.3 cm³/mol. The minimum Gasteiger partial charge on any atom is -0.370 e. The summed E-state index contributed by atoms with van der Waals surface area (Å²) in [5.41, 5.74) is 5.01. The Morgan fingerprint density at radius 3 is 2.58 bits per heavy atom. The van der Waals surface area contributed by atoms with Crippen LogP contribution in [0.25, 0.3) is 0 Å². The van der Waals surface area contributed by atoms with Crippen LogP contribution in [0.5, 0.6) is 0 Å². The molecule has 3 heteroatoms. The van der Waals surface area contributed by atoms with E-state index >= 15 is 0 Å². The molecular formula is C9H15NO2. The Hall–Kier alpha value is -0.860. The van der Waals surface area contributed by atoms with Crippen LogP contribution in [-0.2, 0) is 9.59 Å². The van der Waals surface area contributed by atoms with Gasteiger partial charge in [0.2, 0.25) is 5.91 Å². The third-order valence-corrected chi connectivity index (χ3v) is 2.52. The highest BCUT2D eigenvalue weighted by Crippen LogP contribution is 2.32. The van der Waals surface area contributed by atoms with E-state index < -0.39 is 0 Å². The summed E-state index contributed by atoms with van der Waals surface area (Å²) in [7, 11) is 0. The fourth-order valence-electron chi connectivity index (χ4n) is 1.60. The molecule has 0 aliphatic heterocycles. The Bertz CT molecular complexity index is 175. The predicted octanol–water partition coefficient (Wildman–Crippen LogP) is 0.867. The molecule has 0 aromatic heterocycles. The molecule has 0 saturated heterocycles. The lowest BCUT2D eigenvalue weighted by Crippen LogP contribution is -2.22. The van der Waals surface area contributed by atoms with Gasteiger partial charge >= 0.3 is 0 Å². The van der Waals surface area contributed by atoms with Crippen molar-refractivity contribution in [3.63, 3.8) is 0 Å². The Morgan fingerprint density at radius 2 is 2.25 bits per heavy atom. The van der Waals surface area contributed by atoms with Crippen LogP contribution >= 0.6 is 0 Å². The molecule has 1 fully saturated rings. The second-order valence-corrected chi connectivity index (χ2v) is 3.60. The molecule has 0 heterocycles. The van der Waals surface area contributed by atoms with Crippen molar-refractivity contribution in [2.75, 3.05) is 0 Å². The summed E-state index contributed by atoms with van der Waals surface area (Å²) in [6.07, 6.45) is 5.63. The summed E-state index contributed by atoms with van der Waals surface area (Å²) in [5.74, 6) is 0.166. The average Bonchev–Trinajstić information content (AvgIpc) is 1.93. The van der Waals surface area contributed by atoms with Crippen LogP contribution < -0.4 is 5.73 Å². The number of rotatable bonds is 5. The molecule has 12 heavy (non-hydrogen) atoms. The minimum atomic E-state index is -0.369. The van der Waals surface area contributed by atoms with Gasteiger partial charge in [0.1, 0.15) is 6.29 Å². The normalized spacial score (nSPS) is 19.7. The second kappa shape index (κ2) is 4.24. The van der Waals surface area contributed by atoms with Crippen molar-refractivity contribution < 1.29 is 9.59 Å². The zero-order valence-corrected chi connectivity index (χ0v) is 7.16. The molecule has 1 amide bonds. The number of nitrogens with two attached hydrogens (primary N) is 1. The van der Waals surface area contributed by atoms with Gasteiger partial charge in [0, 0.05) is 12.3 Å². The van der Waals surface area contributed by atoms with Gasteiger partial charge in [-0.2, -0.15) is 0 Å². The molecule has 0 aromatic carbocycles. The SMILES string of the molecule is NC(=O)CC(C=O)CC1CCC1. The van der Waals surface area contributed by atoms with Crippen molar-refractivity contribution in [3.05, 3.63) is 0 Å². The van der Waals surface area contributed by atoms with Gasteiger partial charge in [-0.3, -0.25) is 4.79 Å². The van der Waals surface area contributed by atoms with Gasteiger partial charge in [-0.1, -0.05) is 19.3 Å². The highest BCUT2D eigenvalue weighted by molar-refractivity contribution is 5.77. The molecule has 1 rings (SSSR count). The maximum Gasteiger partial charge on any atom is 0.218 e. The van der Waals surface area contributed by atoms with Gasteiger partial charge in [-0.05, 0) is 12.3 Å². The first-order chi connectivity index (χ1) is 5.72. The molecule has 0 bridgehead atoms. The van der Waals surface area contributed by atoms with E-state index in [2.05, 4.69) is 0 Å². The van der Waals surface area contributed by atoms with Crippen molar-refractivity contribution in [1.82, 2.24) is 0 Å². The first-order valence-electron chi connectivity index (χ1n) is 4.46. The lowest BCUT2D eigenvalue weighted by Gasteiger charge is -2.27. The number of aldehydes is 1. The quantitative estimate of drug-likeness (QED) is 0.621. The van der Waals surface area contributed by atoms with Gasteiger partial charge in [0.05, 0.1) is 0 Å². The lowest BCUT2D eigenvalue weighted by molar-refractivity contribution is -0.122. The van der Waals surface area contributed by atoms with Gasteiger partial charge in [0.15, 0.2) is 0 Å². The molecule has 2 N–H and O–H groups in total. The largest absolute Gasteiger partial charge is 0.370 e. The van der Waals surface area contributed by atoms with Crippen LogP contribution in [-0.4, -0.2) is 12.2 Å². The number of primary amides is 1. The number of amides is 1. The summed E-state index contributed by atoms with van der Waals surface area (Å²) in [4.78, 5) is 21.0. The molecule has 1 unspecified atom stereocenters. The van der Waals surface area contributed by atoms with Crippen molar-refractivity contribution in [1.29, 1.82) is 0 Å². The Labute approximate surface area is 72.3 Å². The van der Waals surface area contributed by atoms with E-state index in [4.69, 9.17) is 5.73 Å². The van der Waals surface area contributed by atoms with E-state index in [-0.39, 0.29) is 18.2 Å². The average molecular weight is 169 g/mol. The molecule has 3 nitrogen and oxygen atoms in total. The lowest BCUT2D eigenvalue weighted by atomic mass is 9.78. The van der Waals surface area contributed by atoms with E-state index in [0.717, 1.165) is 12.7 Å². The number of carbonyl (C=O) groups excluding carboxylic acids is 2.